The van der Waals surface area contributed by atoms with Crippen molar-refractivity contribution < 1.29 is 13.5 Å². The summed E-state index contributed by atoms with van der Waals surface area (Å²) in [5.74, 6) is -1.24. The molecule has 0 radical (unpaired) electrons. The van der Waals surface area contributed by atoms with Gasteiger partial charge in [-0.3, -0.25) is 4.90 Å². The lowest BCUT2D eigenvalue weighted by Crippen LogP contribution is -2.45. The fraction of sp³-hybridized carbons (Fsp3) is 0.367. The summed E-state index contributed by atoms with van der Waals surface area (Å²) < 4.78 is 37.6. The number of ether oxygens (including phenoxy) is 1. The summed E-state index contributed by atoms with van der Waals surface area (Å²) in [6.45, 7) is 3.89. The molecule has 3 aromatic heterocycles. The van der Waals surface area contributed by atoms with Gasteiger partial charge >= 0.3 is 0 Å². The van der Waals surface area contributed by atoms with Crippen LogP contribution in [0.5, 0.6) is 0 Å². The SMILES string of the molecule is Nc1ncnc2c1c(-c1ccc3c(ccn3Cc3cccc(F)c3F)c1)nn2C1CCC(N2CCOCC2)CC1. The van der Waals surface area contributed by atoms with Crippen LogP contribution in [0.25, 0.3) is 33.2 Å². The van der Waals surface area contributed by atoms with Crippen molar-refractivity contribution >= 4 is 27.8 Å². The molecule has 206 valence electrons. The molecular weight excluding hydrogens is 512 g/mol. The first-order valence-corrected chi connectivity index (χ1v) is 13.9. The molecule has 1 aliphatic carbocycles. The topological polar surface area (TPSA) is 87.0 Å². The number of hydrogen-bond acceptors (Lipinski definition) is 6. The summed E-state index contributed by atoms with van der Waals surface area (Å²) in [5.41, 5.74) is 10.0. The van der Waals surface area contributed by atoms with Crippen LogP contribution in [-0.2, 0) is 11.3 Å². The summed E-state index contributed by atoms with van der Waals surface area (Å²) in [7, 11) is 0. The molecule has 1 saturated heterocycles. The van der Waals surface area contributed by atoms with E-state index in [9.17, 15) is 8.78 Å². The molecule has 1 saturated carbocycles. The molecule has 2 fully saturated rings. The Morgan fingerprint density at radius 1 is 0.950 bits per heavy atom. The van der Waals surface area contributed by atoms with E-state index in [0.29, 0.717) is 17.4 Å². The summed E-state index contributed by atoms with van der Waals surface area (Å²) in [6, 6.07) is 13.1. The van der Waals surface area contributed by atoms with E-state index in [0.717, 1.165) is 91.2 Å². The Balaban J connectivity index is 1.20. The molecule has 2 N–H and O–H groups in total. The Hall–Kier alpha value is -3.89. The first-order valence-electron chi connectivity index (χ1n) is 13.9. The monoisotopic (exact) mass is 543 g/mol. The van der Waals surface area contributed by atoms with Gasteiger partial charge in [0, 0.05) is 47.4 Å². The normalized spacial score (nSPS) is 20.4. The van der Waals surface area contributed by atoms with Gasteiger partial charge in [-0.1, -0.05) is 18.2 Å². The van der Waals surface area contributed by atoms with Crippen molar-refractivity contribution in [1.82, 2.24) is 29.2 Å². The fourth-order valence-electron chi connectivity index (χ4n) is 6.40. The first-order chi connectivity index (χ1) is 19.6. The maximum Gasteiger partial charge on any atom is 0.164 e. The average molecular weight is 544 g/mol. The zero-order valence-corrected chi connectivity index (χ0v) is 22.1. The number of hydrogen-bond donors (Lipinski definition) is 1. The summed E-state index contributed by atoms with van der Waals surface area (Å²) in [5, 5.41) is 6.82. The van der Waals surface area contributed by atoms with Crippen molar-refractivity contribution in [2.24, 2.45) is 0 Å². The highest BCUT2D eigenvalue weighted by Gasteiger charge is 2.30. The maximum atomic E-state index is 14.3. The van der Waals surface area contributed by atoms with Crippen LogP contribution in [0.1, 0.15) is 37.3 Å². The molecule has 7 rings (SSSR count). The molecule has 0 amide bonds. The van der Waals surface area contributed by atoms with Crippen molar-refractivity contribution in [2.75, 3.05) is 32.0 Å². The van der Waals surface area contributed by atoms with Crippen LogP contribution in [0.2, 0.25) is 0 Å². The second-order valence-corrected chi connectivity index (χ2v) is 10.8. The van der Waals surface area contributed by atoms with Gasteiger partial charge in [-0.2, -0.15) is 5.10 Å². The fourth-order valence-corrected chi connectivity index (χ4v) is 6.40. The van der Waals surface area contributed by atoms with Crippen LogP contribution < -0.4 is 5.73 Å². The number of nitrogen functional groups attached to an aromatic ring is 1. The molecule has 10 heteroatoms. The molecule has 0 bridgehead atoms. The van der Waals surface area contributed by atoms with Gasteiger partial charge in [-0.05, 0) is 49.9 Å². The van der Waals surface area contributed by atoms with Gasteiger partial charge in [0.25, 0.3) is 0 Å². The third-order valence-electron chi connectivity index (χ3n) is 8.51. The number of nitrogens with zero attached hydrogens (tertiary/aromatic N) is 6. The lowest BCUT2D eigenvalue weighted by atomic mass is 9.90. The van der Waals surface area contributed by atoms with E-state index >= 15 is 0 Å². The van der Waals surface area contributed by atoms with Gasteiger partial charge in [0.05, 0.1) is 31.2 Å². The van der Waals surface area contributed by atoms with Crippen molar-refractivity contribution in [3.05, 3.63) is 72.2 Å². The highest BCUT2D eigenvalue weighted by molar-refractivity contribution is 6.00. The van der Waals surface area contributed by atoms with Crippen LogP contribution in [0.15, 0.2) is 55.0 Å². The second kappa shape index (κ2) is 10.3. The molecule has 0 unspecified atom stereocenters. The number of fused-ring (bicyclic) bond motifs is 2. The molecule has 4 heterocycles. The van der Waals surface area contributed by atoms with Crippen LogP contribution >= 0.6 is 0 Å². The second-order valence-electron chi connectivity index (χ2n) is 10.8. The molecule has 2 aromatic carbocycles. The lowest BCUT2D eigenvalue weighted by molar-refractivity contribution is 0.00520. The maximum absolute atomic E-state index is 14.3. The van der Waals surface area contributed by atoms with E-state index in [-0.39, 0.29) is 12.6 Å². The number of benzene rings is 2. The van der Waals surface area contributed by atoms with Gasteiger partial charge in [0.1, 0.15) is 17.8 Å². The Morgan fingerprint density at radius 2 is 1.75 bits per heavy atom. The van der Waals surface area contributed by atoms with Gasteiger partial charge in [0.2, 0.25) is 0 Å². The van der Waals surface area contributed by atoms with Crippen molar-refractivity contribution in [1.29, 1.82) is 0 Å². The molecule has 5 aromatic rings. The lowest BCUT2D eigenvalue weighted by Gasteiger charge is -2.38. The highest BCUT2D eigenvalue weighted by Crippen LogP contribution is 2.38. The summed E-state index contributed by atoms with van der Waals surface area (Å²) >= 11 is 0. The van der Waals surface area contributed by atoms with Crippen LogP contribution in [-0.4, -0.2) is 61.6 Å². The molecule has 40 heavy (non-hydrogen) atoms. The molecular formula is C30H31F2N7O. The highest BCUT2D eigenvalue weighted by atomic mass is 19.2. The summed E-state index contributed by atoms with van der Waals surface area (Å²) in [6.07, 6.45) is 7.69. The van der Waals surface area contributed by atoms with Gasteiger partial charge in [-0.15, -0.1) is 0 Å². The minimum atomic E-state index is -0.840. The van der Waals surface area contributed by atoms with E-state index in [2.05, 4.69) is 25.6 Å². The van der Waals surface area contributed by atoms with E-state index in [1.54, 1.807) is 6.07 Å². The van der Waals surface area contributed by atoms with Crippen LogP contribution in [0, 0.1) is 11.6 Å². The van der Waals surface area contributed by atoms with Crippen molar-refractivity contribution in [3.8, 4) is 11.3 Å². The Morgan fingerprint density at radius 3 is 2.58 bits per heavy atom. The van der Waals surface area contributed by atoms with Crippen LogP contribution in [0.4, 0.5) is 14.6 Å². The van der Waals surface area contributed by atoms with Gasteiger partial charge in [0.15, 0.2) is 17.3 Å². The Labute approximate surface area is 230 Å². The number of rotatable bonds is 5. The molecule has 0 spiro atoms. The largest absolute Gasteiger partial charge is 0.383 e. The number of morpholine rings is 1. The predicted molar refractivity (Wildman–Crippen MR) is 150 cm³/mol. The Kier molecular flexibility index (Phi) is 6.44. The zero-order chi connectivity index (χ0) is 27.2. The third kappa shape index (κ3) is 4.41. The van der Waals surface area contributed by atoms with E-state index in [4.69, 9.17) is 15.6 Å². The molecule has 8 nitrogen and oxygen atoms in total. The molecule has 1 aliphatic heterocycles. The predicted octanol–water partition coefficient (Wildman–Crippen LogP) is 5.17. The number of aromatic nitrogens is 5. The molecule has 0 atom stereocenters. The van der Waals surface area contributed by atoms with E-state index in [1.807, 2.05) is 29.0 Å². The minimum Gasteiger partial charge on any atom is -0.383 e. The van der Waals surface area contributed by atoms with Crippen molar-refractivity contribution in [3.63, 3.8) is 0 Å². The average Bonchev–Trinajstić information content (AvgIpc) is 3.58. The number of nitrogens with two attached hydrogens (primary N) is 1. The standard InChI is InChI=1S/C30H31F2N7O/c31-24-3-1-2-21(27(24)32)17-38-11-10-19-16-20(4-9-25(19)38)28-26-29(33)34-18-35-30(26)39(36-28)23-7-5-22(6-8-23)37-12-14-40-15-13-37/h1-4,9-11,16,18,22-23H,5-8,12-15,17H2,(H2,33,34,35). The first kappa shape index (κ1) is 25.1. The zero-order valence-electron chi connectivity index (χ0n) is 22.1. The summed E-state index contributed by atoms with van der Waals surface area (Å²) in [4.78, 5) is 11.5. The van der Waals surface area contributed by atoms with Crippen LogP contribution in [0.3, 0.4) is 0 Å². The minimum absolute atomic E-state index is 0.234. The smallest absolute Gasteiger partial charge is 0.164 e. The molecule has 2 aliphatic rings. The number of halogens is 2. The number of anilines is 1. The Bertz CT molecular complexity index is 1680. The van der Waals surface area contributed by atoms with Crippen molar-refractivity contribution in [2.45, 2.75) is 44.3 Å². The van der Waals surface area contributed by atoms with E-state index in [1.165, 1.54) is 12.4 Å². The third-order valence-corrected chi connectivity index (χ3v) is 8.51. The quantitative estimate of drug-likeness (QED) is 0.329. The van der Waals surface area contributed by atoms with Gasteiger partial charge in [-0.25, -0.2) is 23.4 Å². The van der Waals surface area contributed by atoms with Gasteiger partial charge < -0.3 is 15.0 Å². The van der Waals surface area contributed by atoms with E-state index < -0.39 is 11.6 Å².